The van der Waals surface area contributed by atoms with Crippen molar-refractivity contribution >= 4 is 11.8 Å². The quantitative estimate of drug-likeness (QED) is 0.645. The zero-order valence-corrected chi connectivity index (χ0v) is 14.2. The zero-order chi connectivity index (χ0) is 18.4. The summed E-state index contributed by atoms with van der Waals surface area (Å²) in [6, 6.07) is 5.63. The van der Waals surface area contributed by atoms with Crippen LogP contribution in [0.25, 0.3) is 0 Å². The maximum atomic E-state index is 13.1. The molecular formula is C17H21FN6O2. The van der Waals surface area contributed by atoms with Crippen molar-refractivity contribution in [1.82, 2.24) is 30.9 Å². The van der Waals surface area contributed by atoms with Crippen molar-refractivity contribution in [2.45, 2.75) is 25.4 Å². The van der Waals surface area contributed by atoms with Gasteiger partial charge in [0, 0.05) is 32.6 Å². The lowest BCUT2D eigenvalue weighted by atomic mass is 10.1. The first-order valence-electron chi connectivity index (χ1n) is 8.49. The number of amides is 2. The van der Waals surface area contributed by atoms with E-state index in [1.165, 1.54) is 12.1 Å². The summed E-state index contributed by atoms with van der Waals surface area (Å²) in [7, 11) is 0. The van der Waals surface area contributed by atoms with Crippen LogP contribution in [0, 0.1) is 5.82 Å². The maximum absolute atomic E-state index is 13.1. The van der Waals surface area contributed by atoms with Gasteiger partial charge >= 0.3 is 0 Å². The monoisotopic (exact) mass is 360 g/mol. The van der Waals surface area contributed by atoms with Gasteiger partial charge in [0.05, 0.1) is 24.4 Å². The van der Waals surface area contributed by atoms with Crippen LogP contribution in [0.4, 0.5) is 4.39 Å². The number of hydrogen-bond donors (Lipinski definition) is 3. The number of piperazine rings is 1. The van der Waals surface area contributed by atoms with Crippen molar-refractivity contribution < 1.29 is 14.0 Å². The highest BCUT2D eigenvalue weighted by Crippen LogP contribution is 2.14. The number of nitrogens with one attached hydrogen (secondary N) is 3. The number of aromatic amines is 1. The van der Waals surface area contributed by atoms with Gasteiger partial charge in [-0.25, -0.2) is 4.39 Å². The molecule has 1 saturated heterocycles. The molecule has 138 valence electrons. The second kappa shape index (κ2) is 8.52. The minimum Gasteiger partial charge on any atom is -0.356 e. The van der Waals surface area contributed by atoms with Gasteiger partial charge in [0.15, 0.2) is 0 Å². The number of hydrogen-bond acceptors (Lipinski definition) is 5. The molecule has 1 aromatic carbocycles. The molecule has 9 heteroatoms. The van der Waals surface area contributed by atoms with Gasteiger partial charge in [-0.3, -0.25) is 14.5 Å². The van der Waals surface area contributed by atoms with E-state index in [1.807, 2.05) is 4.90 Å². The molecule has 2 aromatic rings. The lowest BCUT2D eigenvalue weighted by Gasteiger charge is -2.34. The fourth-order valence-corrected chi connectivity index (χ4v) is 2.92. The van der Waals surface area contributed by atoms with Crippen molar-refractivity contribution in [1.29, 1.82) is 0 Å². The third kappa shape index (κ3) is 4.85. The SMILES string of the molecule is O=C(C[C@H]1C(=O)NCCN1Cc1ccc(F)cc1)NCCc1cn[nH]n1. The number of nitrogens with zero attached hydrogens (tertiary/aromatic N) is 3. The summed E-state index contributed by atoms with van der Waals surface area (Å²) in [6.07, 6.45) is 2.25. The van der Waals surface area contributed by atoms with Gasteiger partial charge in [0.25, 0.3) is 0 Å². The van der Waals surface area contributed by atoms with Gasteiger partial charge in [0.1, 0.15) is 5.82 Å². The van der Waals surface area contributed by atoms with Gasteiger partial charge in [-0.1, -0.05) is 12.1 Å². The summed E-state index contributed by atoms with van der Waals surface area (Å²) in [4.78, 5) is 26.4. The Morgan fingerprint density at radius 1 is 1.35 bits per heavy atom. The molecule has 26 heavy (non-hydrogen) atoms. The van der Waals surface area contributed by atoms with Crippen LogP contribution < -0.4 is 10.6 Å². The van der Waals surface area contributed by atoms with E-state index >= 15 is 0 Å². The predicted molar refractivity (Wildman–Crippen MR) is 91.3 cm³/mol. The van der Waals surface area contributed by atoms with Crippen molar-refractivity contribution in [3.8, 4) is 0 Å². The van der Waals surface area contributed by atoms with Crippen LogP contribution in [-0.2, 0) is 22.6 Å². The largest absolute Gasteiger partial charge is 0.356 e. The summed E-state index contributed by atoms with van der Waals surface area (Å²) in [5.41, 5.74) is 1.66. The highest BCUT2D eigenvalue weighted by Gasteiger charge is 2.31. The molecule has 0 unspecified atom stereocenters. The van der Waals surface area contributed by atoms with E-state index in [0.717, 1.165) is 11.3 Å². The molecule has 1 atom stereocenters. The Kier molecular flexibility index (Phi) is 5.90. The smallest absolute Gasteiger partial charge is 0.237 e. The molecule has 3 N–H and O–H groups in total. The molecule has 0 aliphatic carbocycles. The van der Waals surface area contributed by atoms with Gasteiger partial charge in [0.2, 0.25) is 11.8 Å². The van der Waals surface area contributed by atoms with Crippen LogP contribution >= 0.6 is 0 Å². The number of carbonyl (C=O) groups excluding carboxylic acids is 2. The molecule has 1 aliphatic heterocycles. The highest BCUT2D eigenvalue weighted by molar-refractivity contribution is 5.88. The predicted octanol–water partition coefficient (Wildman–Crippen LogP) is -0.00680. The molecule has 0 radical (unpaired) electrons. The molecule has 0 spiro atoms. The number of carbonyl (C=O) groups is 2. The fourth-order valence-electron chi connectivity index (χ4n) is 2.92. The molecule has 2 amide bonds. The van der Waals surface area contributed by atoms with E-state index in [4.69, 9.17) is 0 Å². The number of rotatable bonds is 7. The lowest BCUT2D eigenvalue weighted by molar-refractivity contribution is -0.134. The molecular weight excluding hydrogens is 339 g/mol. The average Bonchev–Trinajstić information content (AvgIpc) is 3.13. The number of benzene rings is 1. The third-order valence-corrected chi connectivity index (χ3v) is 4.29. The molecule has 1 aromatic heterocycles. The molecule has 0 bridgehead atoms. The number of H-pyrrole nitrogens is 1. The Labute approximate surface area is 150 Å². The van der Waals surface area contributed by atoms with Crippen molar-refractivity contribution in [2.75, 3.05) is 19.6 Å². The Morgan fingerprint density at radius 2 is 2.15 bits per heavy atom. The van der Waals surface area contributed by atoms with Crippen LogP contribution in [0.1, 0.15) is 17.7 Å². The molecule has 2 heterocycles. The molecule has 1 fully saturated rings. The second-order valence-corrected chi connectivity index (χ2v) is 6.17. The summed E-state index contributed by atoms with van der Waals surface area (Å²) in [5.74, 6) is -0.655. The van der Waals surface area contributed by atoms with E-state index in [-0.39, 0.29) is 24.1 Å². The number of halogens is 1. The van der Waals surface area contributed by atoms with E-state index in [9.17, 15) is 14.0 Å². The molecule has 1 aliphatic rings. The van der Waals surface area contributed by atoms with Gasteiger partial charge in [-0.2, -0.15) is 15.4 Å². The summed E-state index contributed by atoms with van der Waals surface area (Å²) in [5, 5.41) is 15.7. The Hall–Kier alpha value is -2.81. The third-order valence-electron chi connectivity index (χ3n) is 4.29. The van der Waals surface area contributed by atoms with E-state index in [0.29, 0.717) is 32.6 Å². The first-order valence-corrected chi connectivity index (χ1v) is 8.49. The molecule has 8 nitrogen and oxygen atoms in total. The topological polar surface area (TPSA) is 103 Å². The van der Waals surface area contributed by atoms with E-state index in [1.54, 1.807) is 18.3 Å². The van der Waals surface area contributed by atoms with Gasteiger partial charge in [-0.05, 0) is 17.7 Å². The van der Waals surface area contributed by atoms with Crippen LogP contribution in [0.3, 0.4) is 0 Å². The first-order chi connectivity index (χ1) is 12.6. The van der Waals surface area contributed by atoms with Crippen LogP contribution in [0.15, 0.2) is 30.5 Å². The lowest BCUT2D eigenvalue weighted by Crippen LogP contribution is -2.56. The van der Waals surface area contributed by atoms with Crippen molar-refractivity contribution in [3.05, 3.63) is 47.5 Å². The van der Waals surface area contributed by atoms with Crippen LogP contribution in [-0.4, -0.2) is 57.8 Å². The van der Waals surface area contributed by atoms with E-state index < -0.39 is 6.04 Å². The fraction of sp³-hybridized carbons (Fsp3) is 0.412. The summed E-state index contributed by atoms with van der Waals surface area (Å²) >= 11 is 0. The van der Waals surface area contributed by atoms with E-state index in [2.05, 4.69) is 26.0 Å². The summed E-state index contributed by atoms with van der Waals surface area (Å²) in [6.45, 7) is 2.09. The standard InChI is InChI=1S/C17H21FN6O2/c18-13-3-1-12(2-4-13)11-24-8-7-20-17(26)15(24)9-16(25)19-6-5-14-10-21-23-22-14/h1-4,10,15H,5-9,11H2,(H,19,25)(H,20,26)(H,21,22,23)/t15-/m0/s1. The van der Waals surface area contributed by atoms with Gasteiger partial charge < -0.3 is 10.6 Å². The Balaban J connectivity index is 1.54. The van der Waals surface area contributed by atoms with Crippen molar-refractivity contribution in [3.63, 3.8) is 0 Å². The molecule has 3 rings (SSSR count). The normalized spacial score (nSPS) is 17.7. The van der Waals surface area contributed by atoms with Crippen molar-refractivity contribution in [2.24, 2.45) is 0 Å². The minimum atomic E-state index is -0.541. The first kappa shape index (κ1) is 18.0. The highest BCUT2D eigenvalue weighted by atomic mass is 19.1. The number of aromatic nitrogens is 3. The average molecular weight is 360 g/mol. The molecule has 0 saturated carbocycles. The van der Waals surface area contributed by atoms with Crippen LogP contribution in [0.5, 0.6) is 0 Å². The minimum absolute atomic E-state index is 0.0752. The zero-order valence-electron chi connectivity index (χ0n) is 14.2. The van der Waals surface area contributed by atoms with Gasteiger partial charge in [-0.15, -0.1) is 0 Å². The Bertz CT molecular complexity index is 734. The Morgan fingerprint density at radius 3 is 2.88 bits per heavy atom. The summed E-state index contributed by atoms with van der Waals surface area (Å²) < 4.78 is 13.1. The second-order valence-electron chi connectivity index (χ2n) is 6.17. The maximum Gasteiger partial charge on any atom is 0.237 e. The van der Waals surface area contributed by atoms with Crippen LogP contribution in [0.2, 0.25) is 0 Å².